The molecule has 2 N–H and O–H groups in total. The van der Waals surface area contributed by atoms with E-state index in [1.165, 1.54) is 4.90 Å². The summed E-state index contributed by atoms with van der Waals surface area (Å²) in [4.78, 5) is 24.9. The van der Waals surface area contributed by atoms with Gasteiger partial charge in [-0.15, -0.1) is 0 Å². The number of urea groups is 1. The van der Waals surface area contributed by atoms with Gasteiger partial charge < -0.3 is 9.73 Å². The first kappa shape index (κ1) is 14.3. The van der Waals surface area contributed by atoms with Crippen LogP contribution >= 0.6 is 0 Å². The summed E-state index contributed by atoms with van der Waals surface area (Å²) in [6, 6.07) is 12.8. The van der Waals surface area contributed by atoms with E-state index in [0.29, 0.717) is 13.1 Å². The molecular formula is C16H17N3O3. The van der Waals surface area contributed by atoms with E-state index in [-0.39, 0.29) is 24.5 Å². The van der Waals surface area contributed by atoms with Gasteiger partial charge in [0.25, 0.3) is 0 Å². The highest BCUT2D eigenvalue weighted by Gasteiger charge is 2.27. The highest BCUT2D eigenvalue weighted by Crippen LogP contribution is 2.22. The summed E-state index contributed by atoms with van der Waals surface area (Å²) in [5.74, 6) is 0.479. The first-order valence-corrected chi connectivity index (χ1v) is 7.15. The number of amides is 3. The van der Waals surface area contributed by atoms with E-state index in [1.807, 2.05) is 42.5 Å². The molecule has 1 aromatic carbocycles. The molecule has 0 spiro atoms. The molecule has 0 saturated carbocycles. The average molecular weight is 299 g/mol. The predicted molar refractivity (Wildman–Crippen MR) is 80.1 cm³/mol. The van der Waals surface area contributed by atoms with Crippen molar-refractivity contribution in [3.63, 3.8) is 0 Å². The van der Waals surface area contributed by atoms with E-state index in [1.54, 1.807) is 6.26 Å². The monoisotopic (exact) mass is 299 g/mol. The predicted octanol–water partition coefficient (Wildman–Crippen LogP) is 1.51. The summed E-state index contributed by atoms with van der Waals surface area (Å²) in [5, 5.41) is 5.79. The molecule has 0 bridgehead atoms. The lowest BCUT2D eigenvalue weighted by atomic mass is 10.0. The van der Waals surface area contributed by atoms with E-state index in [0.717, 1.165) is 11.3 Å². The number of nitrogens with one attached hydrogen (secondary N) is 2. The number of carbonyl (C=O) groups excluding carboxylic acids is 2. The molecule has 0 aliphatic carbocycles. The molecule has 1 aliphatic rings. The SMILES string of the molecule is O=C(CN[C@@H](c1ccccc1)c1ccco1)N1CCNC1=O. The minimum atomic E-state index is -0.332. The quantitative estimate of drug-likeness (QED) is 0.877. The minimum Gasteiger partial charge on any atom is -0.467 e. The fraction of sp³-hybridized carbons (Fsp3) is 0.250. The normalized spacial score (nSPS) is 15.6. The second-order valence-corrected chi connectivity index (χ2v) is 5.02. The Morgan fingerprint density at radius 2 is 2.09 bits per heavy atom. The smallest absolute Gasteiger partial charge is 0.324 e. The summed E-state index contributed by atoms with van der Waals surface area (Å²) >= 11 is 0. The Labute approximate surface area is 128 Å². The van der Waals surface area contributed by atoms with Gasteiger partial charge in [-0.3, -0.25) is 15.0 Å². The highest BCUT2D eigenvalue weighted by molar-refractivity contribution is 5.96. The molecule has 1 fully saturated rings. The molecule has 1 saturated heterocycles. The first-order chi connectivity index (χ1) is 10.8. The number of nitrogens with zero attached hydrogens (tertiary/aromatic N) is 1. The van der Waals surface area contributed by atoms with Gasteiger partial charge in [-0.2, -0.15) is 0 Å². The Bertz CT molecular complexity index is 640. The van der Waals surface area contributed by atoms with E-state index in [9.17, 15) is 9.59 Å². The van der Waals surface area contributed by atoms with Gasteiger partial charge in [0, 0.05) is 13.1 Å². The Morgan fingerprint density at radius 1 is 1.27 bits per heavy atom. The summed E-state index contributed by atoms with van der Waals surface area (Å²) < 4.78 is 5.46. The molecule has 6 nitrogen and oxygen atoms in total. The maximum atomic E-state index is 12.1. The Balaban J connectivity index is 1.71. The van der Waals surface area contributed by atoms with Crippen LogP contribution in [0.15, 0.2) is 53.1 Å². The Morgan fingerprint density at radius 3 is 2.73 bits per heavy atom. The standard InChI is InChI=1S/C16H17N3O3/c20-14(19-9-8-17-16(19)21)11-18-15(13-7-4-10-22-13)12-5-2-1-3-6-12/h1-7,10,15,18H,8-9,11H2,(H,17,21)/t15-/m0/s1. The number of hydrogen-bond acceptors (Lipinski definition) is 4. The largest absolute Gasteiger partial charge is 0.467 e. The number of furan rings is 1. The summed E-state index contributed by atoms with van der Waals surface area (Å²) in [7, 11) is 0. The molecule has 2 heterocycles. The van der Waals surface area contributed by atoms with Crippen molar-refractivity contribution < 1.29 is 14.0 Å². The van der Waals surface area contributed by atoms with Crippen molar-refractivity contribution in [3.05, 3.63) is 60.1 Å². The van der Waals surface area contributed by atoms with Gasteiger partial charge in [0.1, 0.15) is 5.76 Å². The van der Waals surface area contributed by atoms with Crippen LogP contribution in [0.3, 0.4) is 0 Å². The molecule has 2 aromatic rings. The molecule has 1 aromatic heterocycles. The second kappa shape index (κ2) is 6.44. The molecule has 1 atom stereocenters. The van der Waals surface area contributed by atoms with Crippen LogP contribution in [0.5, 0.6) is 0 Å². The van der Waals surface area contributed by atoms with Gasteiger partial charge in [0.2, 0.25) is 5.91 Å². The van der Waals surface area contributed by atoms with Gasteiger partial charge in [0.05, 0.1) is 18.8 Å². The Kier molecular flexibility index (Phi) is 4.20. The average Bonchev–Trinajstić information content (AvgIpc) is 3.20. The van der Waals surface area contributed by atoms with Gasteiger partial charge in [-0.25, -0.2) is 4.79 Å². The molecular weight excluding hydrogens is 282 g/mol. The van der Waals surface area contributed by atoms with Crippen LogP contribution in [-0.2, 0) is 4.79 Å². The van der Waals surface area contributed by atoms with Crippen LogP contribution in [0.2, 0.25) is 0 Å². The van der Waals surface area contributed by atoms with Crippen LogP contribution < -0.4 is 10.6 Å². The van der Waals surface area contributed by atoms with Gasteiger partial charge in [0.15, 0.2) is 0 Å². The van der Waals surface area contributed by atoms with Crippen molar-refractivity contribution in [1.82, 2.24) is 15.5 Å². The molecule has 22 heavy (non-hydrogen) atoms. The molecule has 3 amide bonds. The van der Waals surface area contributed by atoms with Crippen molar-refractivity contribution in [2.75, 3.05) is 19.6 Å². The fourth-order valence-corrected chi connectivity index (χ4v) is 2.48. The third-order valence-corrected chi connectivity index (χ3v) is 3.58. The fourth-order valence-electron chi connectivity index (χ4n) is 2.48. The zero-order valence-corrected chi connectivity index (χ0v) is 12.0. The number of carbonyl (C=O) groups is 2. The van der Waals surface area contributed by atoms with E-state index >= 15 is 0 Å². The third kappa shape index (κ3) is 3.01. The van der Waals surface area contributed by atoms with E-state index < -0.39 is 0 Å². The van der Waals surface area contributed by atoms with Gasteiger partial charge >= 0.3 is 6.03 Å². The van der Waals surface area contributed by atoms with Crippen molar-refractivity contribution in [2.24, 2.45) is 0 Å². The van der Waals surface area contributed by atoms with Crippen molar-refractivity contribution in [1.29, 1.82) is 0 Å². The second-order valence-electron chi connectivity index (χ2n) is 5.02. The zero-order valence-electron chi connectivity index (χ0n) is 12.0. The summed E-state index contributed by atoms with van der Waals surface area (Å²) in [6.45, 7) is 0.981. The molecule has 0 unspecified atom stereocenters. The van der Waals surface area contributed by atoms with Gasteiger partial charge in [-0.05, 0) is 17.7 Å². The van der Waals surface area contributed by atoms with Crippen LogP contribution in [0.1, 0.15) is 17.4 Å². The minimum absolute atomic E-state index is 0.0632. The van der Waals surface area contributed by atoms with Gasteiger partial charge in [-0.1, -0.05) is 30.3 Å². The van der Waals surface area contributed by atoms with Crippen molar-refractivity contribution in [3.8, 4) is 0 Å². The lowest BCUT2D eigenvalue weighted by Crippen LogP contribution is -2.41. The summed E-state index contributed by atoms with van der Waals surface area (Å²) in [6.07, 6.45) is 1.60. The lowest BCUT2D eigenvalue weighted by molar-refractivity contribution is -0.126. The zero-order chi connectivity index (χ0) is 15.4. The molecule has 114 valence electrons. The maximum absolute atomic E-state index is 12.1. The number of imide groups is 1. The maximum Gasteiger partial charge on any atom is 0.324 e. The first-order valence-electron chi connectivity index (χ1n) is 7.15. The number of benzene rings is 1. The van der Waals surface area contributed by atoms with Crippen molar-refractivity contribution >= 4 is 11.9 Å². The van der Waals surface area contributed by atoms with E-state index in [2.05, 4.69) is 10.6 Å². The number of hydrogen-bond donors (Lipinski definition) is 2. The highest BCUT2D eigenvalue weighted by atomic mass is 16.3. The van der Waals surface area contributed by atoms with Crippen molar-refractivity contribution in [2.45, 2.75) is 6.04 Å². The van der Waals surface area contributed by atoms with Crippen LogP contribution in [0.25, 0.3) is 0 Å². The van der Waals surface area contributed by atoms with Crippen LogP contribution in [-0.4, -0.2) is 36.5 Å². The van der Waals surface area contributed by atoms with Crippen LogP contribution in [0, 0.1) is 0 Å². The van der Waals surface area contributed by atoms with Crippen LogP contribution in [0.4, 0.5) is 4.79 Å². The summed E-state index contributed by atoms with van der Waals surface area (Å²) in [5.41, 5.74) is 0.996. The van der Waals surface area contributed by atoms with E-state index in [4.69, 9.17) is 4.42 Å². The number of rotatable bonds is 5. The molecule has 0 radical (unpaired) electrons. The lowest BCUT2D eigenvalue weighted by Gasteiger charge is -2.19. The molecule has 6 heteroatoms. The molecule has 3 rings (SSSR count). The topological polar surface area (TPSA) is 74.6 Å². The third-order valence-electron chi connectivity index (χ3n) is 3.58. The molecule has 1 aliphatic heterocycles. The Hall–Kier alpha value is -2.60.